The summed E-state index contributed by atoms with van der Waals surface area (Å²) in [6, 6.07) is 15.7. The van der Waals surface area contributed by atoms with Crippen LogP contribution in [0.3, 0.4) is 0 Å². The second-order valence-corrected chi connectivity index (χ2v) is 10.6. The van der Waals surface area contributed by atoms with E-state index in [1.54, 1.807) is 19.3 Å². The van der Waals surface area contributed by atoms with E-state index in [9.17, 15) is 14.4 Å². The Morgan fingerprint density at radius 1 is 1.05 bits per heavy atom. The standard InChI is InChI=1S/C27H22Cl2N4O4/c1-16-23(34)31-27(37-16)14-26(12-17-4-6-18(7-5-17)19-3-2-8-30-13-19)24(35)33(25(36)32(26)15-27)22-10-20(28)9-21(29)11-22/h2-11,13,16H,12,14-15H2,1H3,(H,31,34)/t16-,26+,27-/m1/s1. The molecule has 3 aliphatic heterocycles. The maximum atomic E-state index is 14.1. The number of fused-ring (bicyclic) bond motifs is 1. The van der Waals surface area contributed by atoms with Gasteiger partial charge in [-0.25, -0.2) is 9.69 Å². The highest BCUT2D eigenvalue weighted by Crippen LogP contribution is 2.48. The third-order valence-corrected chi connectivity index (χ3v) is 7.64. The first-order chi connectivity index (χ1) is 17.7. The van der Waals surface area contributed by atoms with Crippen molar-refractivity contribution in [2.24, 2.45) is 0 Å². The summed E-state index contributed by atoms with van der Waals surface area (Å²) in [5.74, 6) is -0.683. The van der Waals surface area contributed by atoms with Crippen molar-refractivity contribution in [1.29, 1.82) is 0 Å². The van der Waals surface area contributed by atoms with Gasteiger partial charge in [-0.3, -0.25) is 14.6 Å². The Bertz CT molecular complexity index is 1410. The summed E-state index contributed by atoms with van der Waals surface area (Å²) in [5, 5.41) is 3.51. The summed E-state index contributed by atoms with van der Waals surface area (Å²) in [6.07, 6.45) is 3.18. The molecule has 188 valence electrons. The predicted octanol–water partition coefficient (Wildman–Crippen LogP) is 4.44. The van der Waals surface area contributed by atoms with Crippen molar-refractivity contribution in [3.8, 4) is 11.1 Å². The van der Waals surface area contributed by atoms with Gasteiger partial charge in [-0.15, -0.1) is 0 Å². The van der Waals surface area contributed by atoms with Crippen LogP contribution in [0.1, 0.15) is 18.9 Å². The Hall–Kier alpha value is -3.46. The fourth-order valence-electron chi connectivity index (χ4n) is 5.61. The highest BCUT2D eigenvalue weighted by Gasteiger charge is 2.68. The molecular formula is C27H22Cl2N4O4. The zero-order valence-electron chi connectivity index (χ0n) is 19.8. The van der Waals surface area contributed by atoms with Gasteiger partial charge in [-0.2, -0.15) is 0 Å². The van der Waals surface area contributed by atoms with E-state index in [2.05, 4.69) is 10.3 Å². The lowest BCUT2D eigenvalue weighted by Crippen LogP contribution is -2.49. The summed E-state index contributed by atoms with van der Waals surface area (Å²) in [7, 11) is 0. The normalized spacial score (nSPS) is 26.8. The van der Waals surface area contributed by atoms with E-state index in [0.717, 1.165) is 21.6 Å². The molecule has 3 aliphatic rings. The number of imide groups is 1. The van der Waals surface area contributed by atoms with Gasteiger partial charge < -0.3 is 15.0 Å². The van der Waals surface area contributed by atoms with E-state index in [0.29, 0.717) is 15.7 Å². The Kier molecular flexibility index (Phi) is 5.52. The van der Waals surface area contributed by atoms with E-state index in [1.807, 2.05) is 36.4 Å². The van der Waals surface area contributed by atoms with Crippen LogP contribution in [0.25, 0.3) is 11.1 Å². The molecule has 6 rings (SSSR count). The number of benzene rings is 2. The van der Waals surface area contributed by atoms with Crippen molar-refractivity contribution >= 4 is 46.7 Å². The number of amides is 4. The van der Waals surface area contributed by atoms with Gasteiger partial charge in [0.15, 0.2) is 5.72 Å². The number of pyridine rings is 1. The number of hydrogen-bond donors (Lipinski definition) is 1. The third-order valence-electron chi connectivity index (χ3n) is 7.21. The van der Waals surface area contributed by atoms with E-state index < -0.39 is 29.3 Å². The quantitative estimate of drug-likeness (QED) is 0.497. The molecular weight excluding hydrogens is 515 g/mol. The summed E-state index contributed by atoms with van der Waals surface area (Å²) < 4.78 is 6.00. The number of aromatic nitrogens is 1. The van der Waals surface area contributed by atoms with Crippen molar-refractivity contribution in [1.82, 2.24) is 15.2 Å². The first kappa shape index (κ1) is 23.9. The predicted molar refractivity (Wildman–Crippen MR) is 138 cm³/mol. The number of nitrogens with zero attached hydrogens (tertiary/aromatic N) is 3. The van der Waals surface area contributed by atoms with Gasteiger partial charge in [-0.1, -0.05) is 53.5 Å². The monoisotopic (exact) mass is 536 g/mol. The fourth-order valence-corrected chi connectivity index (χ4v) is 6.13. The van der Waals surface area contributed by atoms with Crippen molar-refractivity contribution in [3.05, 3.63) is 82.6 Å². The summed E-state index contributed by atoms with van der Waals surface area (Å²) in [4.78, 5) is 47.0. The number of rotatable bonds is 4. The van der Waals surface area contributed by atoms with Gasteiger partial charge in [0.1, 0.15) is 11.6 Å². The van der Waals surface area contributed by atoms with Crippen LogP contribution in [0.15, 0.2) is 67.0 Å². The van der Waals surface area contributed by atoms with Gasteiger partial charge in [0, 0.05) is 35.3 Å². The molecule has 3 fully saturated rings. The third kappa shape index (κ3) is 3.87. The second kappa shape index (κ2) is 8.55. The average Bonchev–Trinajstić information content (AvgIpc) is 3.39. The van der Waals surface area contributed by atoms with Crippen molar-refractivity contribution in [2.45, 2.75) is 37.1 Å². The molecule has 1 aromatic heterocycles. The number of hydrogen-bond acceptors (Lipinski definition) is 5. The van der Waals surface area contributed by atoms with Crippen LogP contribution in [0.4, 0.5) is 10.5 Å². The molecule has 0 unspecified atom stereocenters. The molecule has 10 heteroatoms. The van der Waals surface area contributed by atoms with E-state index in [-0.39, 0.29) is 25.3 Å². The highest BCUT2D eigenvalue weighted by molar-refractivity contribution is 6.35. The van der Waals surface area contributed by atoms with Crippen LogP contribution < -0.4 is 10.2 Å². The van der Waals surface area contributed by atoms with Crippen LogP contribution in [-0.2, 0) is 20.7 Å². The Labute approximate surface area is 223 Å². The zero-order chi connectivity index (χ0) is 25.9. The molecule has 4 heterocycles. The van der Waals surface area contributed by atoms with Crippen molar-refractivity contribution < 1.29 is 19.1 Å². The molecule has 3 saturated heterocycles. The molecule has 1 spiro atoms. The Morgan fingerprint density at radius 2 is 1.78 bits per heavy atom. The van der Waals surface area contributed by atoms with E-state index >= 15 is 0 Å². The molecule has 1 N–H and O–H groups in total. The van der Waals surface area contributed by atoms with Gasteiger partial charge in [0.2, 0.25) is 0 Å². The molecule has 0 radical (unpaired) electrons. The van der Waals surface area contributed by atoms with Crippen LogP contribution in [0, 0.1) is 0 Å². The van der Waals surface area contributed by atoms with E-state index in [4.69, 9.17) is 27.9 Å². The first-order valence-corrected chi connectivity index (χ1v) is 12.6. The van der Waals surface area contributed by atoms with Crippen LogP contribution in [0.2, 0.25) is 10.0 Å². The number of carbonyl (C=O) groups is 3. The lowest BCUT2D eigenvalue weighted by Gasteiger charge is -2.29. The molecule has 2 aromatic carbocycles. The van der Waals surface area contributed by atoms with Gasteiger partial charge in [0.25, 0.3) is 11.8 Å². The summed E-state index contributed by atoms with van der Waals surface area (Å²) in [6.45, 7) is 1.70. The van der Waals surface area contributed by atoms with Crippen LogP contribution in [0.5, 0.6) is 0 Å². The molecule has 8 nitrogen and oxygen atoms in total. The molecule has 0 saturated carbocycles. The number of carbonyl (C=O) groups excluding carboxylic acids is 3. The molecule has 4 amide bonds. The molecule has 3 aromatic rings. The van der Waals surface area contributed by atoms with Crippen LogP contribution >= 0.6 is 23.2 Å². The zero-order valence-corrected chi connectivity index (χ0v) is 21.3. The SMILES string of the molecule is C[C@H]1O[C@]2(CN3C(=O)N(c4cc(Cl)cc(Cl)c4)C(=O)[C@]3(Cc3ccc(-c4cccnc4)cc3)C2)NC1=O. The number of halogens is 2. The lowest BCUT2D eigenvalue weighted by atomic mass is 9.85. The molecule has 0 bridgehead atoms. The van der Waals surface area contributed by atoms with Gasteiger partial charge in [-0.05, 0) is 47.9 Å². The smallest absolute Gasteiger partial charge is 0.332 e. The van der Waals surface area contributed by atoms with Crippen molar-refractivity contribution in [3.63, 3.8) is 0 Å². The van der Waals surface area contributed by atoms with E-state index in [1.165, 1.54) is 23.1 Å². The minimum Gasteiger partial charge on any atom is -0.341 e. The molecule has 37 heavy (non-hydrogen) atoms. The number of urea groups is 1. The molecule has 3 atom stereocenters. The minimum absolute atomic E-state index is 0.0478. The Morgan fingerprint density at radius 3 is 2.41 bits per heavy atom. The number of ether oxygens (including phenoxy) is 1. The van der Waals surface area contributed by atoms with Gasteiger partial charge >= 0.3 is 6.03 Å². The molecule has 0 aliphatic carbocycles. The summed E-state index contributed by atoms with van der Waals surface area (Å²) >= 11 is 12.4. The van der Waals surface area contributed by atoms with Crippen molar-refractivity contribution in [2.75, 3.05) is 11.4 Å². The van der Waals surface area contributed by atoms with Gasteiger partial charge in [0.05, 0.1) is 12.2 Å². The largest absolute Gasteiger partial charge is 0.341 e. The average molecular weight is 537 g/mol. The highest BCUT2D eigenvalue weighted by atomic mass is 35.5. The first-order valence-electron chi connectivity index (χ1n) is 11.8. The number of anilines is 1. The lowest BCUT2D eigenvalue weighted by molar-refractivity contribution is -0.124. The number of nitrogens with one attached hydrogen (secondary N) is 1. The second-order valence-electron chi connectivity index (χ2n) is 9.70. The maximum absolute atomic E-state index is 14.1. The summed E-state index contributed by atoms with van der Waals surface area (Å²) in [5.41, 5.74) is 0.722. The fraction of sp³-hybridized carbons (Fsp3) is 0.259. The maximum Gasteiger partial charge on any atom is 0.332 e. The topological polar surface area (TPSA) is 91.8 Å². The minimum atomic E-state index is -1.26. The Balaban J connectivity index is 1.39. The van der Waals surface area contributed by atoms with Crippen LogP contribution in [-0.4, -0.2) is 51.6 Å².